The first-order chi connectivity index (χ1) is 10.4. The first kappa shape index (κ1) is 16.1. The van der Waals surface area contributed by atoms with E-state index < -0.39 is 17.7 Å². The summed E-state index contributed by atoms with van der Waals surface area (Å²) in [6.45, 7) is 5.86. The molecule has 1 aliphatic rings. The van der Waals surface area contributed by atoms with Crippen LogP contribution in [0.4, 0.5) is 0 Å². The Bertz CT molecular complexity index is 616. The van der Waals surface area contributed by atoms with Crippen LogP contribution in [0.3, 0.4) is 0 Å². The fourth-order valence-electron chi connectivity index (χ4n) is 2.69. The second-order valence-corrected chi connectivity index (χ2v) is 5.77. The normalized spacial score (nSPS) is 18.5. The lowest BCUT2D eigenvalue weighted by Crippen LogP contribution is -2.32. The topological polar surface area (TPSA) is 77.8 Å². The molecule has 0 radical (unpaired) electrons. The zero-order valence-corrected chi connectivity index (χ0v) is 13.0. The van der Waals surface area contributed by atoms with Gasteiger partial charge in [-0.2, -0.15) is 0 Å². The van der Waals surface area contributed by atoms with Gasteiger partial charge in [-0.25, -0.2) is 0 Å². The summed E-state index contributed by atoms with van der Waals surface area (Å²) in [5, 5.41) is 19.6. The van der Waals surface area contributed by atoms with E-state index in [1.807, 2.05) is 6.92 Å². The molecule has 1 amide bonds. The molecule has 0 fully saturated rings. The Morgan fingerprint density at radius 2 is 1.82 bits per heavy atom. The monoisotopic (exact) mass is 303 g/mol. The Morgan fingerprint density at radius 3 is 2.32 bits per heavy atom. The summed E-state index contributed by atoms with van der Waals surface area (Å²) >= 11 is 0. The second-order valence-electron chi connectivity index (χ2n) is 5.77. The molecule has 0 saturated carbocycles. The van der Waals surface area contributed by atoms with Crippen molar-refractivity contribution in [2.45, 2.75) is 33.2 Å². The van der Waals surface area contributed by atoms with E-state index in [1.54, 1.807) is 26.0 Å². The SMILES string of the molecule is CCCN1C(=O)C(O)=C(C(=O)C(C)C)C1c1ccc(O)cc1. The van der Waals surface area contributed by atoms with Crippen LogP contribution in [0.25, 0.3) is 0 Å². The van der Waals surface area contributed by atoms with Gasteiger partial charge in [0.1, 0.15) is 5.75 Å². The maximum Gasteiger partial charge on any atom is 0.290 e. The minimum absolute atomic E-state index is 0.111. The molecule has 0 aliphatic carbocycles. The third-order valence-electron chi connectivity index (χ3n) is 3.77. The highest BCUT2D eigenvalue weighted by atomic mass is 16.3. The lowest BCUT2D eigenvalue weighted by Gasteiger charge is -2.26. The number of benzene rings is 1. The van der Waals surface area contributed by atoms with E-state index in [2.05, 4.69) is 0 Å². The van der Waals surface area contributed by atoms with Crippen LogP contribution >= 0.6 is 0 Å². The number of aliphatic hydroxyl groups is 1. The Hall–Kier alpha value is -2.30. The van der Waals surface area contributed by atoms with E-state index in [-0.39, 0.29) is 23.0 Å². The van der Waals surface area contributed by atoms with Crippen LogP contribution in [0.5, 0.6) is 5.75 Å². The molecule has 1 aromatic rings. The van der Waals surface area contributed by atoms with Crippen LogP contribution in [0.1, 0.15) is 38.8 Å². The fourth-order valence-corrected chi connectivity index (χ4v) is 2.69. The lowest BCUT2D eigenvalue weighted by atomic mass is 9.91. The fraction of sp³-hybridized carbons (Fsp3) is 0.412. The highest BCUT2D eigenvalue weighted by Gasteiger charge is 2.43. The first-order valence-electron chi connectivity index (χ1n) is 7.45. The molecule has 118 valence electrons. The Morgan fingerprint density at radius 1 is 1.23 bits per heavy atom. The molecule has 1 aromatic carbocycles. The number of hydrogen-bond acceptors (Lipinski definition) is 4. The summed E-state index contributed by atoms with van der Waals surface area (Å²) in [5.74, 6) is -1.40. The van der Waals surface area contributed by atoms with Crippen molar-refractivity contribution >= 4 is 11.7 Å². The Balaban J connectivity index is 2.53. The van der Waals surface area contributed by atoms with E-state index in [0.717, 1.165) is 6.42 Å². The number of phenols is 1. The maximum absolute atomic E-state index is 12.5. The number of amides is 1. The second kappa shape index (κ2) is 6.22. The highest BCUT2D eigenvalue weighted by molar-refractivity contribution is 6.09. The maximum atomic E-state index is 12.5. The molecule has 0 spiro atoms. The van der Waals surface area contributed by atoms with Crippen molar-refractivity contribution in [3.05, 3.63) is 41.2 Å². The summed E-state index contributed by atoms with van der Waals surface area (Å²) in [6.07, 6.45) is 0.719. The molecule has 0 bridgehead atoms. The molecular weight excluding hydrogens is 282 g/mol. The van der Waals surface area contributed by atoms with Crippen molar-refractivity contribution in [3.63, 3.8) is 0 Å². The Labute approximate surface area is 129 Å². The minimum atomic E-state index is -0.594. The predicted molar refractivity (Wildman–Crippen MR) is 82.4 cm³/mol. The van der Waals surface area contributed by atoms with Gasteiger partial charge < -0.3 is 15.1 Å². The van der Waals surface area contributed by atoms with Crippen LogP contribution < -0.4 is 0 Å². The lowest BCUT2D eigenvalue weighted by molar-refractivity contribution is -0.129. The quantitative estimate of drug-likeness (QED) is 0.876. The minimum Gasteiger partial charge on any atom is -0.508 e. The summed E-state index contributed by atoms with van der Waals surface area (Å²) in [6, 6.07) is 5.76. The van der Waals surface area contributed by atoms with Gasteiger partial charge in [0.25, 0.3) is 5.91 Å². The third kappa shape index (κ3) is 2.71. The molecule has 1 aliphatic heterocycles. The van der Waals surface area contributed by atoms with Crippen LogP contribution in [-0.2, 0) is 9.59 Å². The molecule has 1 atom stereocenters. The van der Waals surface area contributed by atoms with Crippen molar-refractivity contribution in [1.29, 1.82) is 0 Å². The van der Waals surface area contributed by atoms with Gasteiger partial charge >= 0.3 is 0 Å². The standard InChI is InChI=1S/C17H21NO4/c1-4-9-18-14(11-5-7-12(19)8-6-11)13(15(20)10(2)3)16(21)17(18)22/h5-8,10,14,19,21H,4,9H2,1-3H3. The van der Waals surface area contributed by atoms with E-state index in [4.69, 9.17) is 0 Å². The summed E-state index contributed by atoms with van der Waals surface area (Å²) in [7, 11) is 0. The molecule has 5 heteroatoms. The number of hydrogen-bond donors (Lipinski definition) is 2. The number of nitrogens with zero attached hydrogens (tertiary/aromatic N) is 1. The number of rotatable bonds is 5. The van der Waals surface area contributed by atoms with Crippen molar-refractivity contribution in [2.24, 2.45) is 5.92 Å². The van der Waals surface area contributed by atoms with Crippen molar-refractivity contribution in [1.82, 2.24) is 4.90 Å². The number of ketones is 1. The van der Waals surface area contributed by atoms with Gasteiger partial charge in [0.05, 0.1) is 11.6 Å². The zero-order valence-electron chi connectivity index (χ0n) is 13.0. The Kier molecular flexibility index (Phi) is 4.54. The van der Waals surface area contributed by atoms with Crippen LogP contribution in [0.2, 0.25) is 0 Å². The number of phenolic OH excluding ortho intramolecular Hbond substituents is 1. The van der Waals surface area contributed by atoms with Gasteiger partial charge in [-0.1, -0.05) is 32.9 Å². The van der Waals surface area contributed by atoms with Crippen LogP contribution in [0, 0.1) is 5.92 Å². The molecule has 2 rings (SSSR count). The van der Waals surface area contributed by atoms with Crippen molar-refractivity contribution < 1.29 is 19.8 Å². The molecule has 2 N–H and O–H groups in total. The van der Waals surface area contributed by atoms with E-state index in [9.17, 15) is 19.8 Å². The average Bonchev–Trinajstić information content (AvgIpc) is 2.72. The summed E-state index contributed by atoms with van der Waals surface area (Å²) in [5.41, 5.74) is 0.854. The highest BCUT2D eigenvalue weighted by Crippen LogP contribution is 2.39. The number of aliphatic hydroxyl groups excluding tert-OH is 1. The van der Waals surface area contributed by atoms with Crippen molar-refractivity contribution in [3.8, 4) is 5.75 Å². The van der Waals surface area contributed by atoms with E-state index in [0.29, 0.717) is 12.1 Å². The third-order valence-corrected chi connectivity index (χ3v) is 3.77. The molecule has 22 heavy (non-hydrogen) atoms. The van der Waals surface area contributed by atoms with Crippen LogP contribution in [0.15, 0.2) is 35.6 Å². The molecule has 0 saturated heterocycles. The zero-order chi connectivity index (χ0) is 16.4. The first-order valence-corrected chi connectivity index (χ1v) is 7.45. The van der Waals surface area contributed by atoms with Gasteiger partial charge in [-0.05, 0) is 24.1 Å². The van der Waals surface area contributed by atoms with Gasteiger partial charge in [0.15, 0.2) is 11.5 Å². The van der Waals surface area contributed by atoms with Crippen LogP contribution in [-0.4, -0.2) is 33.3 Å². The molecule has 0 aromatic heterocycles. The number of carbonyl (C=O) groups excluding carboxylic acids is 2. The predicted octanol–water partition coefficient (Wildman–Crippen LogP) is 2.72. The van der Waals surface area contributed by atoms with Gasteiger partial charge in [-0.3, -0.25) is 9.59 Å². The van der Waals surface area contributed by atoms with Gasteiger partial charge in [-0.15, -0.1) is 0 Å². The molecule has 5 nitrogen and oxygen atoms in total. The van der Waals surface area contributed by atoms with Gasteiger partial charge in [0.2, 0.25) is 0 Å². The average molecular weight is 303 g/mol. The number of aromatic hydroxyl groups is 1. The molecular formula is C17H21NO4. The number of carbonyl (C=O) groups is 2. The van der Waals surface area contributed by atoms with E-state index in [1.165, 1.54) is 17.0 Å². The molecule has 1 unspecified atom stereocenters. The molecule has 1 heterocycles. The number of Topliss-reactive ketones (excluding diaryl/α,β-unsaturated/α-hetero) is 1. The van der Waals surface area contributed by atoms with E-state index >= 15 is 0 Å². The largest absolute Gasteiger partial charge is 0.508 e. The summed E-state index contributed by atoms with van der Waals surface area (Å²) in [4.78, 5) is 26.3. The van der Waals surface area contributed by atoms with Gasteiger partial charge in [0, 0.05) is 12.5 Å². The smallest absolute Gasteiger partial charge is 0.290 e. The van der Waals surface area contributed by atoms with Crippen molar-refractivity contribution in [2.75, 3.05) is 6.54 Å². The summed E-state index contributed by atoms with van der Waals surface area (Å²) < 4.78 is 0.